The second-order valence-electron chi connectivity index (χ2n) is 5.23. The number of alkyl halides is 3. The topological polar surface area (TPSA) is 41.1 Å². The summed E-state index contributed by atoms with van der Waals surface area (Å²) in [6.07, 6.45) is -2.53. The van der Waals surface area contributed by atoms with E-state index in [2.05, 4.69) is 26.6 Å². The van der Waals surface area contributed by atoms with Crippen molar-refractivity contribution in [2.45, 2.75) is 32.0 Å². The van der Waals surface area contributed by atoms with Gasteiger partial charge in [0.1, 0.15) is 0 Å². The molecule has 1 heterocycles. The van der Waals surface area contributed by atoms with Gasteiger partial charge in [0.15, 0.2) is 0 Å². The molecule has 0 bridgehead atoms. The number of hydrogen-bond acceptors (Lipinski definition) is 2. The normalized spacial score (nSPS) is 22.9. The maximum absolute atomic E-state index is 12.8. The van der Waals surface area contributed by atoms with E-state index in [4.69, 9.17) is 0 Å². The van der Waals surface area contributed by atoms with Gasteiger partial charge in [-0.15, -0.1) is 0 Å². The molecule has 21 heavy (non-hydrogen) atoms. The van der Waals surface area contributed by atoms with Crippen LogP contribution < -0.4 is 10.6 Å². The maximum atomic E-state index is 12.8. The molecule has 2 unspecified atom stereocenters. The Labute approximate surface area is 129 Å². The van der Waals surface area contributed by atoms with Gasteiger partial charge in [-0.05, 0) is 43.5 Å². The van der Waals surface area contributed by atoms with Crippen LogP contribution in [0.5, 0.6) is 0 Å². The first-order chi connectivity index (χ1) is 9.79. The molecule has 0 radical (unpaired) electrons. The molecule has 3 nitrogen and oxygen atoms in total. The molecule has 0 spiro atoms. The lowest BCUT2D eigenvalue weighted by molar-refractivity contribution is -0.138. The molecule has 1 saturated heterocycles. The van der Waals surface area contributed by atoms with Gasteiger partial charge in [-0.3, -0.25) is 4.79 Å². The van der Waals surface area contributed by atoms with E-state index in [1.165, 1.54) is 12.1 Å². The fourth-order valence-corrected chi connectivity index (χ4v) is 2.91. The summed E-state index contributed by atoms with van der Waals surface area (Å²) in [4.78, 5) is 12.2. The van der Waals surface area contributed by atoms with Crippen LogP contribution in [0.3, 0.4) is 0 Å². The molecule has 0 aromatic heterocycles. The molecule has 7 heteroatoms. The van der Waals surface area contributed by atoms with Crippen molar-refractivity contribution >= 4 is 27.5 Å². The Morgan fingerprint density at radius 2 is 2.14 bits per heavy atom. The summed E-state index contributed by atoms with van der Waals surface area (Å²) in [7, 11) is 0. The maximum Gasteiger partial charge on any atom is 0.417 e. The fraction of sp³-hybridized carbons (Fsp3) is 0.500. The number of benzene rings is 1. The van der Waals surface area contributed by atoms with Gasteiger partial charge in [-0.25, -0.2) is 0 Å². The first kappa shape index (κ1) is 16.3. The Bertz CT molecular complexity index is 533. The lowest BCUT2D eigenvalue weighted by Gasteiger charge is -2.29. The van der Waals surface area contributed by atoms with E-state index in [0.29, 0.717) is 0 Å². The number of piperidine rings is 1. The average Bonchev–Trinajstić information content (AvgIpc) is 2.40. The predicted molar refractivity (Wildman–Crippen MR) is 78.0 cm³/mol. The lowest BCUT2D eigenvalue weighted by Crippen LogP contribution is -2.48. The summed E-state index contributed by atoms with van der Waals surface area (Å²) < 4.78 is 38.4. The van der Waals surface area contributed by atoms with Crippen molar-refractivity contribution in [1.29, 1.82) is 0 Å². The summed E-state index contributed by atoms with van der Waals surface area (Å²) in [5.41, 5.74) is -0.653. The van der Waals surface area contributed by atoms with E-state index in [1.54, 1.807) is 0 Å². The van der Waals surface area contributed by atoms with Gasteiger partial charge in [0, 0.05) is 10.2 Å². The van der Waals surface area contributed by atoms with Crippen molar-refractivity contribution in [3.05, 3.63) is 28.2 Å². The standard InChI is InChI=1S/C14H16BrF3N2O/c1-8-3-2-6-19-12(8)13(21)20-9-4-5-11(15)10(7-9)14(16,17)18/h4-5,7-8,12,19H,2-3,6H2,1H3,(H,20,21). The van der Waals surface area contributed by atoms with Crippen molar-refractivity contribution in [3.63, 3.8) is 0 Å². The third-order valence-corrected chi connectivity index (χ3v) is 4.28. The zero-order valence-corrected chi connectivity index (χ0v) is 13.0. The molecular formula is C14H16BrF3N2O. The van der Waals surface area contributed by atoms with E-state index in [0.717, 1.165) is 25.5 Å². The van der Waals surface area contributed by atoms with E-state index in [9.17, 15) is 18.0 Å². The van der Waals surface area contributed by atoms with Crippen LogP contribution in [0.2, 0.25) is 0 Å². The van der Waals surface area contributed by atoms with Crippen LogP contribution in [0.4, 0.5) is 18.9 Å². The number of carbonyl (C=O) groups excluding carboxylic acids is 1. The zero-order chi connectivity index (χ0) is 15.6. The molecule has 1 fully saturated rings. The minimum Gasteiger partial charge on any atom is -0.325 e. The molecule has 0 aliphatic carbocycles. The van der Waals surface area contributed by atoms with Crippen LogP contribution in [-0.2, 0) is 11.0 Å². The number of carbonyl (C=O) groups is 1. The molecule has 2 atom stereocenters. The molecule has 1 aliphatic heterocycles. The smallest absolute Gasteiger partial charge is 0.325 e. The highest BCUT2D eigenvalue weighted by atomic mass is 79.9. The Kier molecular flexibility index (Phi) is 4.93. The SMILES string of the molecule is CC1CCCNC1C(=O)Nc1ccc(Br)c(C(F)(F)F)c1. The van der Waals surface area contributed by atoms with Crippen LogP contribution in [0, 0.1) is 5.92 Å². The summed E-state index contributed by atoms with van der Waals surface area (Å²) in [5, 5.41) is 5.66. The van der Waals surface area contributed by atoms with Gasteiger partial charge in [-0.2, -0.15) is 13.2 Å². The zero-order valence-electron chi connectivity index (χ0n) is 11.4. The van der Waals surface area contributed by atoms with Crippen LogP contribution in [0.1, 0.15) is 25.3 Å². The molecule has 2 rings (SSSR count). The first-order valence-corrected chi connectivity index (χ1v) is 7.49. The van der Waals surface area contributed by atoms with Gasteiger partial charge in [0.2, 0.25) is 5.91 Å². The third kappa shape index (κ3) is 3.97. The number of hydrogen-bond donors (Lipinski definition) is 2. The number of amides is 1. The average molecular weight is 365 g/mol. The predicted octanol–water partition coefficient (Wildman–Crippen LogP) is 3.79. The Morgan fingerprint density at radius 1 is 1.43 bits per heavy atom. The molecule has 0 saturated carbocycles. The second-order valence-corrected chi connectivity index (χ2v) is 6.09. The highest BCUT2D eigenvalue weighted by Gasteiger charge is 2.33. The van der Waals surface area contributed by atoms with Crippen molar-refractivity contribution in [2.75, 3.05) is 11.9 Å². The number of halogens is 4. The van der Waals surface area contributed by atoms with Gasteiger partial charge >= 0.3 is 6.18 Å². The Morgan fingerprint density at radius 3 is 2.76 bits per heavy atom. The Balaban J connectivity index is 2.14. The highest BCUT2D eigenvalue weighted by molar-refractivity contribution is 9.10. The molecule has 116 valence electrons. The number of rotatable bonds is 2. The van der Waals surface area contributed by atoms with E-state index in [1.807, 2.05) is 6.92 Å². The fourth-order valence-electron chi connectivity index (χ4n) is 2.44. The van der Waals surface area contributed by atoms with Gasteiger partial charge in [0.25, 0.3) is 0 Å². The van der Waals surface area contributed by atoms with E-state index < -0.39 is 11.7 Å². The van der Waals surface area contributed by atoms with Gasteiger partial charge in [0.05, 0.1) is 11.6 Å². The summed E-state index contributed by atoms with van der Waals surface area (Å²) in [5.74, 6) is -0.131. The minimum atomic E-state index is -4.46. The third-order valence-electron chi connectivity index (χ3n) is 3.59. The quantitative estimate of drug-likeness (QED) is 0.837. The lowest BCUT2D eigenvalue weighted by atomic mass is 9.92. The monoisotopic (exact) mass is 364 g/mol. The summed E-state index contributed by atoms with van der Waals surface area (Å²) in [6.45, 7) is 2.70. The van der Waals surface area contributed by atoms with Crippen molar-refractivity contribution in [3.8, 4) is 0 Å². The van der Waals surface area contributed by atoms with Crippen LogP contribution >= 0.6 is 15.9 Å². The highest BCUT2D eigenvalue weighted by Crippen LogP contribution is 2.36. The second kappa shape index (κ2) is 6.36. The largest absolute Gasteiger partial charge is 0.417 e. The van der Waals surface area contributed by atoms with Gasteiger partial charge < -0.3 is 10.6 Å². The minimum absolute atomic E-state index is 0.0443. The van der Waals surface area contributed by atoms with Crippen molar-refractivity contribution < 1.29 is 18.0 Å². The van der Waals surface area contributed by atoms with Gasteiger partial charge in [-0.1, -0.05) is 22.9 Å². The number of nitrogens with one attached hydrogen (secondary N) is 2. The van der Waals surface area contributed by atoms with Crippen LogP contribution in [0.25, 0.3) is 0 Å². The van der Waals surface area contributed by atoms with Crippen molar-refractivity contribution in [1.82, 2.24) is 5.32 Å². The first-order valence-electron chi connectivity index (χ1n) is 6.70. The van der Waals surface area contributed by atoms with E-state index in [-0.39, 0.29) is 28.0 Å². The van der Waals surface area contributed by atoms with E-state index >= 15 is 0 Å². The molecule has 1 aromatic rings. The number of anilines is 1. The van der Waals surface area contributed by atoms with Crippen molar-refractivity contribution in [2.24, 2.45) is 5.92 Å². The summed E-state index contributed by atoms with van der Waals surface area (Å²) in [6, 6.07) is 3.31. The Hall–Kier alpha value is -1.08. The molecule has 1 aromatic carbocycles. The van der Waals surface area contributed by atoms with Crippen LogP contribution in [-0.4, -0.2) is 18.5 Å². The molecule has 1 amide bonds. The molecular weight excluding hydrogens is 349 g/mol. The van der Waals surface area contributed by atoms with Crippen LogP contribution in [0.15, 0.2) is 22.7 Å². The molecule has 2 N–H and O–H groups in total. The summed E-state index contributed by atoms with van der Waals surface area (Å²) >= 11 is 2.87. The molecule has 1 aliphatic rings.